The molecule has 1 aliphatic heterocycles. The standard InChI is InChI=1S/C21H24N6O2S2/c1-13-6-3-9-17(22-13)23-19(28)15-7-4-10-26(12-15)20(29)14(2)27-18(24-25-21(27)30)16-8-5-11-31-16/h3,5-6,8-9,11,14-15H,4,7,10,12H2,1-2H3,(H,25,30)(H,22,23,28). The molecule has 1 fully saturated rings. The molecule has 3 aromatic rings. The van der Waals surface area contributed by atoms with E-state index in [1.165, 1.54) is 0 Å². The minimum Gasteiger partial charge on any atom is -0.340 e. The number of aromatic nitrogens is 4. The van der Waals surface area contributed by atoms with Crippen LogP contribution < -0.4 is 5.32 Å². The van der Waals surface area contributed by atoms with Crippen molar-refractivity contribution >= 4 is 41.2 Å². The lowest BCUT2D eigenvalue weighted by atomic mass is 9.96. The van der Waals surface area contributed by atoms with Crippen LogP contribution in [0.25, 0.3) is 10.7 Å². The second-order valence-corrected chi connectivity index (χ2v) is 8.99. The number of carbonyl (C=O) groups excluding carboxylic acids is 2. The number of rotatable bonds is 5. The third-order valence-electron chi connectivity index (χ3n) is 5.43. The van der Waals surface area contributed by atoms with Crippen LogP contribution in [-0.4, -0.2) is 49.6 Å². The quantitative estimate of drug-likeness (QED) is 0.569. The fourth-order valence-corrected chi connectivity index (χ4v) is 4.85. The molecule has 1 aliphatic rings. The Morgan fingerprint density at radius 2 is 2.16 bits per heavy atom. The van der Waals surface area contributed by atoms with E-state index in [2.05, 4.69) is 20.5 Å². The van der Waals surface area contributed by atoms with Gasteiger partial charge in [-0.15, -0.1) is 11.3 Å². The summed E-state index contributed by atoms with van der Waals surface area (Å²) in [6.07, 6.45) is 1.51. The number of hydrogen-bond donors (Lipinski definition) is 2. The molecule has 2 atom stereocenters. The molecular formula is C21H24N6O2S2. The largest absolute Gasteiger partial charge is 0.340 e. The van der Waals surface area contributed by atoms with Gasteiger partial charge < -0.3 is 10.2 Å². The summed E-state index contributed by atoms with van der Waals surface area (Å²) in [6.45, 7) is 4.70. The highest BCUT2D eigenvalue weighted by Crippen LogP contribution is 2.27. The van der Waals surface area contributed by atoms with E-state index in [9.17, 15) is 9.59 Å². The van der Waals surface area contributed by atoms with Crippen LogP contribution in [0.1, 0.15) is 31.5 Å². The number of H-pyrrole nitrogens is 1. The van der Waals surface area contributed by atoms with Gasteiger partial charge in [0.1, 0.15) is 11.9 Å². The van der Waals surface area contributed by atoms with Crippen LogP contribution in [-0.2, 0) is 9.59 Å². The molecule has 0 radical (unpaired) electrons. The van der Waals surface area contributed by atoms with Gasteiger partial charge in [-0.3, -0.25) is 19.3 Å². The first-order valence-electron chi connectivity index (χ1n) is 10.2. The van der Waals surface area contributed by atoms with Crippen LogP contribution in [0, 0.1) is 17.6 Å². The number of aromatic amines is 1. The van der Waals surface area contributed by atoms with Gasteiger partial charge in [-0.05, 0) is 62.5 Å². The molecule has 0 spiro atoms. The molecule has 8 nitrogen and oxygen atoms in total. The number of aryl methyl sites for hydroxylation is 1. The first-order chi connectivity index (χ1) is 14.9. The van der Waals surface area contributed by atoms with Gasteiger partial charge in [0.2, 0.25) is 11.8 Å². The van der Waals surface area contributed by atoms with Crippen LogP contribution in [0.5, 0.6) is 0 Å². The molecule has 0 aliphatic carbocycles. The lowest BCUT2D eigenvalue weighted by Crippen LogP contribution is -2.46. The van der Waals surface area contributed by atoms with Gasteiger partial charge in [0, 0.05) is 18.8 Å². The van der Waals surface area contributed by atoms with Crippen molar-refractivity contribution < 1.29 is 9.59 Å². The van der Waals surface area contributed by atoms with E-state index in [1.54, 1.807) is 26.9 Å². The summed E-state index contributed by atoms with van der Waals surface area (Å²) in [4.78, 5) is 33.1. The van der Waals surface area contributed by atoms with E-state index in [-0.39, 0.29) is 17.7 Å². The zero-order chi connectivity index (χ0) is 22.0. The van der Waals surface area contributed by atoms with Crippen LogP contribution in [0.15, 0.2) is 35.7 Å². The van der Waals surface area contributed by atoms with E-state index in [1.807, 2.05) is 43.5 Å². The van der Waals surface area contributed by atoms with Crippen molar-refractivity contribution in [1.82, 2.24) is 24.6 Å². The first-order valence-corrected chi connectivity index (χ1v) is 11.5. The topological polar surface area (TPSA) is 95.9 Å². The molecule has 2 unspecified atom stereocenters. The van der Waals surface area contributed by atoms with Crippen molar-refractivity contribution in [2.24, 2.45) is 5.92 Å². The van der Waals surface area contributed by atoms with Gasteiger partial charge in [0.05, 0.1) is 10.8 Å². The monoisotopic (exact) mass is 456 g/mol. The van der Waals surface area contributed by atoms with Crippen LogP contribution in [0.2, 0.25) is 0 Å². The molecule has 4 heterocycles. The number of nitrogens with one attached hydrogen (secondary N) is 2. The Balaban J connectivity index is 1.47. The van der Waals surface area contributed by atoms with E-state index in [0.29, 0.717) is 29.5 Å². The van der Waals surface area contributed by atoms with Crippen molar-refractivity contribution in [1.29, 1.82) is 0 Å². The number of thiophene rings is 1. The van der Waals surface area contributed by atoms with Gasteiger partial charge in [-0.25, -0.2) is 4.98 Å². The number of anilines is 1. The second kappa shape index (κ2) is 9.11. The molecule has 3 aromatic heterocycles. The van der Waals surface area contributed by atoms with Crippen LogP contribution in [0.3, 0.4) is 0 Å². The molecule has 10 heteroatoms. The maximum atomic E-state index is 13.3. The number of amides is 2. The highest BCUT2D eigenvalue weighted by atomic mass is 32.1. The lowest BCUT2D eigenvalue weighted by Gasteiger charge is -2.34. The molecule has 4 rings (SSSR count). The summed E-state index contributed by atoms with van der Waals surface area (Å²) in [5.74, 6) is 0.732. The first kappa shape index (κ1) is 21.4. The normalized spacial score (nSPS) is 17.4. The highest BCUT2D eigenvalue weighted by Gasteiger charge is 2.32. The summed E-state index contributed by atoms with van der Waals surface area (Å²) in [5.41, 5.74) is 0.838. The maximum Gasteiger partial charge on any atom is 0.245 e. The summed E-state index contributed by atoms with van der Waals surface area (Å²) in [6, 6.07) is 8.86. The van der Waals surface area contributed by atoms with Crippen molar-refractivity contribution in [3.63, 3.8) is 0 Å². The van der Waals surface area contributed by atoms with Crippen molar-refractivity contribution in [3.05, 3.63) is 46.2 Å². The Labute approximate surface area is 189 Å². The van der Waals surface area contributed by atoms with Crippen molar-refractivity contribution in [3.8, 4) is 10.7 Å². The third kappa shape index (κ3) is 4.59. The van der Waals surface area contributed by atoms with Gasteiger partial charge in [-0.1, -0.05) is 12.1 Å². The van der Waals surface area contributed by atoms with Gasteiger partial charge in [0.15, 0.2) is 10.6 Å². The third-order valence-corrected chi connectivity index (χ3v) is 6.59. The molecular weight excluding hydrogens is 432 g/mol. The van der Waals surface area contributed by atoms with E-state index >= 15 is 0 Å². The fraction of sp³-hybridized carbons (Fsp3) is 0.381. The number of piperidine rings is 1. The van der Waals surface area contributed by atoms with Crippen molar-refractivity contribution in [2.45, 2.75) is 32.7 Å². The van der Waals surface area contributed by atoms with Gasteiger partial charge in [-0.2, -0.15) is 5.10 Å². The van der Waals surface area contributed by atoms with Gasteiger partial charge in [0.25, 0.3) is 0 Å². The zero-order valence-electron chi connectivity index (χ0n) is 17.4. The average Bonchev–Trinajstić information content (AvgIpc) is 3.42. The van der Waals surface area contributed by atoms with Crippen LogP contribution in [0.4, 0.5) is 5.82 Å². The number of pyridine rings is 1. The second-order valence-electron chi connectivity index (χ2n) is 7.65. The number of likely N-dealkylation sites (tertiary alicyclic amines) is 1. The Morgan fingerprint density at radius 3 is 2.90 bits per heavy atom. The number of hydrogen-bond acceptors (Lipinski definition) is 6. The molecule has 0 aromatic carbocycles. The molecule has 162 valence electrons. The summed E-state index contributed by atoms with van der Waals surface area (Å²) >= 11 is 6.94. The highest BCUT2D eigenvalue weighted by molar-refractivity contribution is 7.71. The summed E-state index contributed by atoms with van der Waals surface area (Å²) < 4.78 is 2.16. The minimum absolute atomic E-state index is 0.0681. The Morgan fingerprint density at radius 1 is 1.32 bits per heavy atom. The van der Waals surface area contributed by atoms with E-state index < -0.39 is 6.04 Å². The molecule has 0 bridgehead atoms. The average molecular weight is 457 g/mol. The molecule has 31 heavy (non-hydrogen) atoms. The van der Waals surface area contributed by atoms with Crippen molar-refractivity contribution in [2.75, 3.05) is 18.4 Å². The minimum atomic E-state index is -0.524. The maximum absolute atomic E-state index is 13.3. The predicted octanol–water partition coefficient (Wildman–Crippen LogP) is 3.81. The Hall–Kier alpha value is -2.85. The molecule has 2 N–H and O–H groups in total. The predicted molar refractivity (Wildman–Crippen MR) is 122 cm³/mol. The SMILES string of the molecule is Cc1cccc(NC(=O)C2CCCN(C(=O)C(C)n3c(-c4cccs4)n[nH]c3=S)C2)n1. The van der Waals surface area contributed by atoms with Crippen LogP contribution >= 0.6 is 23.6 Å². The van der Waals surface area contributed by atoms with Gasteiger partial charge >= 0.3 is 0 Å². The summed E-state index contributed by atoms with van der Waals surface area (Å²) in [7, 11) is 0. The molecule has 1 saturated heterocycles. The zero-order valence-corrected chi connectivity index (χ0v) is 19.0. The lowest BCUT2D eigenvalue weighted by molar-refractivity contribution is -0.137. The number of nitrogens with zero attached hydrogens (tertiary/aromatic N) is 4. The summed E-state index contributed by atoms with van der Waals surface area (Å²) in [5, 5.41) is 12.0. The Kier molecular flexibility index (Phi) is 6.28. The van der Waals surface area contributed by atoms with E-state index in [4.69, 9.17) is 12.2 Å². The molecule has 0 saturated carbocycles. The number of carbonyl (C=O) groups is 2. The molecule has 2 amide bonds. The Bertz CT molecular complexity index is 1140. The fourth-order valence-electron chi connectivity index (χ4n) is 3.85. The van der Waals surface area contributed by atoms with E-state index in [0.717, 1.165) is 23.4 Å². The smallest absolute Gasteiger partial charge is 0.245 e.